The second-order valence-electron chi connectivity index (χ2n) is 3.76. The molecule has 0 bridgehead atoms. The number of carboxylic acids is 2. The Bertz CT molecular complexity index is 602. The number of rotatable bonds is 6. The number of hydrogen-bond acceptors (Lipinski definition) is 5. The molecule has 1 aromatic rings. The summed E-state index contributed by atoms with van der Waals surface area (Å²) < 4.78 is 36.0. The van der Waals surface area contributed by atoms with Gasteiger partial charge in [-0.2, -0.15) is 8.42 Å². The van der Waals surface area contributed by atoms with Gasteiger partial charge in [0.1, 0.15) is 11.1 Å². The zero-order chi connectivity index (χ0) is 15.5. The maximum atomic E-state index is 11.1. The molecule has 110 valence electrons. The molecule has 1 aromatic carbocycles. The summed E-state index contributed by atoms with van der Waals surface area (Å²) >= 11 is 0. The summed E-state index contributed by atoms with van der Waals surface area (Å²) in [6, 6.07) is 3.33. The molecule has 1 rings (SSSR count). The van der Waals surface area contributed by atoms with Crippen molar-refractivity contribution in [3.05, 3.63) is 29.3 Å². The van der Waals surface area contributed by atoms with E-state index in [4.69, 9.17) is 19.5 Å². The average molecular weight is 304 g/mol. The van der Waals surface area contributed by atoms with Crippen LogP contribution in [0.1, 0.15) is 34.1 Å². The van der Waals surface area contributed by atoms with Crippen molar-refractivity contribution in [1.82, 2.24) is 0 Å². The number of ether oxygens (including phenoxy) is 1. The predicted octanol–water partition coefficient (Wildman–Crippen LogP) is 1.09. The van der Waals surface area contributed by atoms with Crippen LogP contribution in [0.2, 0.25) is 0 Å². The van der Waals surface area contributed by atoms with E-state index in [1.165, 1.54) is 13.0 Å². The first kappa shape index (κ1) is 15.9. The number of aromatic carboxylic acids is 2. The van der Waals surface area contributed by atoms with Crippen LogP contribution in [0.25, 0.3) is 0 Å². The molecule has 0 amide bonds. The molecule has 1 unspecified atom stereocenters. The molecular formula is C11H12O8S. The van der Waals surface area contributed by atoms with Crippen LogP contribution in [0.15, 0.2) is 18.2 Å². The SMILES string of the molecule is CCC(Oc1c(C(=O)O)cccc1C(=O)O)S(=O)(=O)O. The Labute approximate surface area is 114 Å². The zero-order valence-electron chi connectivity index (χ0n) is 10.3. The van der Waals surface area contributed by atoms with Gasteiger partial charge >= 0.3 is 22.1 Å². The lowest BCUT2D eigenvalue weighted by atomic mass is 10.1. The highest BCUT2D eigenvalue weighted by Crippen LogP contribution is 2.27. The molecule has 0 heterocycles. The van der Waals surface area contributed by atoms with Crippen LogP contribution in [0.4, 0.5) is 0 Å². The van der Waals surface area contributed by atoms with E-state index in [2.05, 4.69) is 0 Å². The first-order chi connectivity index (χ1) is 9.18. The molecule has 0 fully saturated rings. The van der Waals surface area contributed by atoms with E-state index < -0.39 is 44.4 Å². The third kappa shape index (κ3) is 3.45. The van der Waals surface area contributed by atoms with E-state index in [9.17, 15) is 18.0 Å². The van der Waals surface area contributed by atoms with E-state index >= 15 is 0 Å². The molecule has 1 atom stereocenters. The Kier molecular flexibility index (Phi) is 4.69. The van der Waals surface area contributed by atoms with Crippen molar-refractivity contribution >= 4 is 22.1 Å². The van der Waals surface area contributed by atoms with Gasteiger partial charge in [0, 0.05) is 0 Å². The lowest BCUT2D eigenvalue weighted by Gasteiger charge is -2.17. The summed E-state index contributed by atoms with van der Waals surface area (Å²) in [6.45, 7) is 1.38. The van der Waals surface area contributed by atoms with Crippen LogP contribution in [-0.4, -0.2) is 40.6 Å². The molecule has 9 heteroatoms. The van der Waals surface area contributed by atoms with Crippen LogP contribution < -0.4 is 4.74 Å². The second-order valence-corrected chi connectivity index (χ2v) is 5.32. The number of hydrogen-bond donors (Lipinski definition) is 3. The van der Waals surface area contributed by atoms with Crippen molar-refractivity contribution in [2.75, 3.05) is 0 Å². The van der Waals surface area contributed by atoms with Crippen molar-refractivity contribution in [1.29, 1.82) is 0 Å². The summed E-state index contributed by atoms with van der Waals surface area (Å²) in [5, 5.41) is 18.0. The van der Waals surface area contributed by atoms with E-state index in [-0.39, 0.29) is 6.42 Å². The quantitative estimate of drug-likeness (QED) is 0.664. The fourth-order valence-corrected chi connectivity index (χ4v) is 2.13. The number of carbonyl (C=O) groups is 2. The molecule has 0 saturated carbocycles. The molecule has 0 aliphatic rings. The Morgan fingerprint density at radius 3 is 1.95 bits per heavy atom. The van der Waals surface area contributed by atoms with E-state index in [0.29, 0.717) is 0 Å². The van der Waals surface area contributed by atoms with Gasteiger partial charge < -0.3 is 14.9 Å². The topological polar surface area (TPSA) is 138 Å². The third-order valence-corrected chi connectivity index (χ3v) is 3.48. The van der Waals surface area contributed by atoms with Gasteiger partial charge in [-0.05, 0) is 18.6 Å². The molecule has 0 spiro atoms. The van der Waals surface area contributed by atoms with Crippen LogP contribution in [0.5, 0.6) is 5.75 Å². The van der Waals surface area contributed by atoms with E-state index in [1.807, 2.05) is 0 Å². The normalized spacial score (nSPS) is 12.7. The minimum Gasteiger partial charge on any atom is -0.478 e. The molecule has 0 saturated heterocycles. The maximum absolute atomic E-state index is 11.1. The Morgan fingerprint density at radius 1 is 1.20 bits per heavy atom. The van der Waals surface area contributed by atoms with Crippen molar-refractivity contribution in [2.24, 2.45) is 0 Å². The molecule has 3 N–H and O–H groups in total. The van der Waals surface area contributed by atoms with Gasteiger partial charge in [0.15, 0.2) is 5.75 Å². The predicted molar refractivity (Wildman–Crippen MR) is 66.6 cm³/mol. The van der Waals surface area contributed by atoms with Gasteiger partial charge in [-0.3, -0.25) is 4.55 Å². The van der Waals surface area contributed by atoms with E-state index in [1.54, 1.807) is 0 Å². The van der Waals surface area contributed by atoms with Gasteiger partial charge in [-0.1, -0.05) is 13.0 Å². The third-order valence-electron chi connectivity index (χ3n) is 2.39. The van der Waals surface area contributed by atoms with Gasteiger partial charge in [0.05, 0.1) is 0 Å². The average Bonchev–Trinajstić information content (AvgIpc) is 2.33. The Hall–Kier alpha value is -2.13. The molecule has 0 aliphatic heterocycles. The summed E-state index contributed by atoms with van der Waals surface area (Å²) in [6.07, 6.45) is -0.189. The molecule has 0 radical (unpaired) electrons. The lowest BCUT2D eigenvalue weighted by molar-refractivity contribution is 0.0685. The van der Waals surface area contributed by atoms with Gasteiger partial charge in [-0.15, -0.1) is 0 Å². The minimum absolute atomic E-state index is 0.189. The number of benzene rings is 1. The van der Waals surface area contributed by atoms with Crippen molar-refractivity contribution in [2.45, 2.75) is 18.8 Å². The summed E-state index contributed by atoms with van der Waals surface area (Å²) in [5.74, 6) is -3.57. The summed E-state index contributed by atoms with van der Waals surface area (Å²) in [7, 11) is -4.61. The first-order valence-electron chi connectivity index (χ1n) is 5.41. The van der Waals surface area contributed by atoms with Gasteiger partial charge in [-0.25, -0.2) is 9.59 Å². The number of para-hydroxylation sites is 1. The lowest BCUT2D eigenvalue weighted by Crippen LogP contribution is -2.27. The van der Waals surface area contributed by atoms with Crippen LogP contribution >= 0.6 is 0 Å². The number of carboxylic acid groups (broad SMARTS) is 2. The summed E-state index contributed by atoms with van der Waals surface area (Å²) in [4.78, 5) is 22.1. The molecule has 0 aliphatic carbocycles. The van der Waals surface area contributed by atoms with Gasteiger partial charge in [0.25, 0.3) is 0 Å². The summed E-state index contributed by atoms with van der Waals surface area (Å²) in [5.41, 5.74) is -2.76. The highest BCUT2D eigenvalue weighted by molar-refractivity contribution is 7.86. The highest BCUT2D eigenvalue weighted by atomic mass is 32.2. The van der Waals surface area contributed by atoms with Crippen molar-refractivity contribution in [3.63, 3.8) is 0 Å². The van der Waals surface area contributed by atoms with Crippen molar-refractivity contribution in [3.8, 4) is 5.75 Å². The second kappa shape index (κ2) is 5.88. The Balaban J connectivity index is 3.41. The Morgan fingerprint density at radius 2 is 1.65 bits per heavy atom. The first-order valence-corrected chi connectivity index (χ1v) is 6.91. The minimum atomic E-state index is -4.61. The highest BCUT2D eigenvalue weighted by Gasteiger charge is 2.28. The van der Waals surface area contributed by atoms with Crippen molar-refractivity contribution < 1.29 is 37.5 Å². The maximum Gasteiger partial charge on any atom is 0.339 e. The fourth-order valence-electron chi connectivity index (χ4n) is 1.49. The molecular weight excluding hydrogens is 292 g/mol. The zero-order valence-corrected chi connectivity index (χ0v) is 11.1. The van der Waals surface area contributed by atoms with E-state index in [0.717, 1.165) is 12.1 Å². The largest absolute Gasteiger partial charge is 0.478 e. The smallest absolute Gasteiger partial charge is 0.339 e. The molecule has 8 nitrogen and oxygen atoms in total. The molecule has 20 heavy (non-hydrogen) atoms. The van der Waals surface area contributed by atoms with Crippen LogP contribution in [-0.2, 0) is 10.1 Å². The monoisotopic (exact) mass is 304 g/mol. The fraction of sp³-hybridized carbons (Fsp3) is 0.273. The standard InChI is InChI=1S/C11H12O8S/c1-2-8(20(16,17)18)19-9-6(10(12)13)4-3-5-7(9)11(14)15/h3-5,8H,2H2,1H3,(H,12,13)(H,14,15)(H,16,17,18). The molecule has 0 aromatic heterocycles. The van der Waals surface area contributed by atoms with Crippen LogP contribution in [0.3, 0.4) is 0 Å². The van der Waals surface area contributed by atoms with Crippen LogP contribution in [0, 0.1) is 0 Å². The van der Waals surface area contributed by atoms with Gasteiger partial charge in [0.2, 0.25) is 5.44 Å².